The van der Waals surface area contributed by atoms with E-state index in [4.69, 9.17) is 5.73 Å². The molecule has 33 heavy (non-hydrogen) atoms. The van der Waals surface area contributed by atoms with Crippen molar-refractivity contribution in [2.45, 2.75) is 0 Å². The second-order valence-electron chi connectivity index (χ2n) is 7.67. The number of hydrogen-bond acceptors (Lipinski definition) is 5. The predicted molar refractivity (Wildman–Crippen MR) is 127 cm³/mol. The van der Waals surface area contributed by atoms with E-state index in [1.54, 1.807) is 12.1 Å². The van der Waals surface area contributed by atoms with Gasteiger partial charge in [-0.2, -0.15) is 5.10 Å². The fourth-order valence-electron chi connectivity index (χ4n) is 4.02. The summed E-state index contributed by atoms with van der Waals surface area (Å²) >= 11 is 0. The van der Waals surface area contributed by atoms with E-state index in [2.05, 4.69) is 15.4 Å². The zero-order chi connectivity index (χ0) is 23.1. The Hall–Kier alpha value is -4.72. The Kier molecular flexibility index (Phi) is 4.75. The molecule has 2 aromatic heterocycles. The fraction of sp³-hybridized carbons (Fsp3) is 0.0400. The summed E-state index contributed by atoms with van der Waals surface area (Å²) in [7, 11) is 1.90. The van der Waals surface area contributed by atoms with E-state index in [9.17, 15) is 14.7 Å². The molecular weight excluding hydrogens is 418 g/mol. The van der Waals surface area contributed by atoms with E-state index in [0.717, 1.165) is 22.0 Å². The van der Waals surface area contributed by atoms with Gasteiger partial charge in [0, 0.05) is 35.3 Å². The van der Waals surface area contributed by atoms with Crippen molar-refractivity contribution in [3.63, 3.8) is 0 Å². The number of aryl methyl sites for hydroxylation is 1. The molecule has 1 amide bonds. The van der Waals surface area contributed by atoms with Crippen molar-refractivity contribution in [2.24, 2.45) is 12.8 Å². The number of nitrogens with one attached hydrogen (secondary N) is 1. The maximum atomic E-state index is 12.1. The van der Waals surface area contributed by atoms with Gasteiger partial charge in [-0.1, -0.05) is 36.4 Å². The molecule has 0 radical (unpaired) electrons. The number of aromatic carboxylic acids is 1. The quantitative estimate of drug-likeness (QED) is 0.376. The molecule has 5 aromatic rings. The average Bonchev–Trinajstić information content (AvgIpc) is 3.20. The van der Waals surface area contributed by atoms with Crippen LogP contribution in [-0.4, -0.2) is 31.7 Å². The molecule has 4 N–H and O–H groups in total. The summed E-state index contributed by atoms with van der Waals surface area (Å²) in [5.74, 6) is -1.67. The zero-order valence-electron chi connectivity index (χ0n) is 17.6. The van der Waals surface area contributed by atoms with Gasteiger partial charge >= 0.3 is 5.97 Å². The molecule has 0 aliphatic rings. The molecule has 0 bridgehead atoms. The number of hydrogen-bond donors (Lipinski definition) is 3. The molecule has 0 unspecified atom stereocenters. The molecule has 0 spiro atoms. The van der Waals surface area contributed by atoms with Crippen LogP contribution in [0.4, 0.5) is 11.4 Å². The number of pyridine rings is 1. The first kappa shape index (κ1) is 20.2. The molecule has 0 saturated heterocycles. The third-order valence-corrected chi connectivity index (χ3v) is 5.59. The summed E-state index contributed by atoms with van der Waals surface area (Å²) in [6, 6.07) is 18.1. The number of aromatic nitrogens is 3. The van der Waals surface area contributed by atoms with Gasteiger partial charge in [-0.05, 0) is 29.8 Å². The summed E-state index contributed by atoms with van der Waals surface area (Å²) in [4.78, 5) is 27.9. The summed E-state index contributed by atoms with van der Waals surface area (Å²) < 4.78 is 1.83. The van der Waals surface area contributed by atoms with E-state index in [1.165, 1.54) is 18.3 Å². The van der Waals surface area contributed by atoms with Crippen molar-refractivity contribution in [1.82, 2.24) is 14.8 Å². The monoisotopic (exact) mass is 437 g/mol. The van der Waals surface area contributed by atoms with E-state index in [-0.39, 0.29) is 11.1 Å². The van der Waals surface area contributed by atoms with Gasteiger partial charge in [0.1, 0.15) is 0 Å². The molecule has 8 nitrogen and oxygen atoms in total. The Balaban J connectivity index is 1.66. The number of amides is 1. The van der Waals surface area contributed by atoms with Crippen LogP contribution < -0.4 is 11.1 Å². The Labute approximate surface area is 188 Å². The number of primary amides is 1. The third kappa shape index (κ3) is 3.53. The molecule has 2 heterocycles. The Morgan fingerprint density at radius 3 is 2.64 bits per heavy atom. The van der Waals surface area contributed by atoms with Gasteiger partial charge in [0.25, 0.3) is 5.91 Å². The van der Waals surface area contributed by atoms with Crippen molar-refractivity contribution < 1.29 is 14.7 Å². The normalized spacial score (nSPS) is 11.1. The highest BCUT2D eigenvalue weighted by atomic mass is 16.4. The molecule has 0 atom stereocenters. The molecule has 0 aliphatic carbocycles. The predicted octanol–water partition coefficient (Wildman–Crippen LogP) is 4.33. The number of carboxylic acid groups (broad SMARTS) is 1. The highest BCUT2D eigenvalue weighted by molar-refractivity contribution is 6.08. The lowest BCUT2D eigenvalue weighted by Gasteiger charge is -2.14. The van der Waals surface area contributed by atoms with E-state index >= 15 is 0 Å². The SMILES string of the molecule is Cn1ncc2cccc(-c3ccc4c(Nc5cccc(C(=O)O)c5)c(C(N)=O)cnc4c3)c21. The van der Waals surface area contributed by atoms with Crippen LogP contribution in [0.15, 0.2) is 73.1 Å². The smallest absolute Gasteiger partial charge is 0.335 e. The summed E-state index contributed by atoms with van der Waals surface area (Å²) in [5, 5.41) is 18.5. The van der Waals surface area contributed by atoms with Gasteiger partial charge in [-0.25, -0.2) is 4.79 Å². The van der Waals surface area contributed by atoms with Crippen molar-refractivity contribution in [3.05, 3.63) is 84.2 Å². The number of para-hydroxylation sites is 1. The number of carboxylic acids is 1. The molecule has 0 saturated carbocycles. The Morgan fingerprint density at radius 2 is 1.85 bits per heavy atom. The van der Waals surface area contributed by atoms with E-state index in [0.29, 0.717) is 22.3 Å². The van der Waals surface area contributed by atoms with Crippen LogP contribution in [0.2, 0.25) is 0 Å². The van der Waals surface area contributed by atoms with Crippen molar-refractivity contribution in [2.75, 3.05) is 5.32 Å². The number of benzene rings is 3. The van der Waals surface area contributed by atoms with Crippen molar-refractivity contribution in [1.29, 1.82) is 0 Å². The zero-order valence-corrected chi connectivity index (χ0v) is 17.6. The lowest BCUT2D eigenvalue weighted by atomic mass is 9.99. The Bertz CT molecular complexity index is 1570. The van der Waals surface area contributed by atoms with E-state index in [1.807, 2.05) is 54.3 Å². The highest BCUT2D eigenvalue weighted by Gasteiger charge is 2.16. The lowest BCUT2D eigenvalue weighted by Crippen LogP contribution is -2.14. The fourth-order valence-corrected chi connectivity index (χ4v) is 4.02. The number of carbonyl (C=O) groups is 2. The standard InChI is InChI=1S/C25H19N5O3/c1-30-23-16(12-28-30)5-3-7-18(23)14-8-9-19-21(11-14)27-13-20(24(26)31)22(19)29-17-6-2-4-15(10-17)25(32)33/h2-13H,1H3,(H2,26,31)(H,27,29)(H,32,33). The van der Waals surface area contributed by atoms with Crippen molar-refractivity contribution >= 4 is 45.1 Å². The van der Waals surface area contributed by atoms with Crippen LogP contribution in [0, 0.1) is 0 Å². The summed E-state index contributed by atoms with van der Waals surface area (Å²) in [6.45, 7) is 0. The minimum atomic E-state index is -1.04. The molecule has 3 aromatic carbocycles. The highest BCUT2D eigenvalue weighted by Crippen LogP contribution is 2.34. The van der Waals surface area contributed by atoms with Crippen LogP contribution in [0.25, 0.3) is 32.9 Å². The lowest BCUT2D eigenvalue weighted by molar-refractivity contribution is 0.0696. The number of fused-ring (bicyclic) bond motifs is 2. The Morgan fingerprint density at radius 1 is 1.03 bits per heavy atom. The molecule has 162 valence electrons. The average molecular weight is 437 g/mol. The number of nitrogens with two attached hydrogens (primary N) is 1. The molecule has 8 heteroatoms. The van der Waals surface area contributed by atoms with Crippen LogP contribution in [-0.2, 0) is 7.05 Å². The first-order valence-electron chi connectivity index (χ1n) is 10.2. The topological polar surface area (TPSA) is 123 Å². The maximum Gasteiger partial charge on any atom is 0.335 e. The van der Waals surface area contributed by atoms with Crippen molar-refractivity contribution in [3.8, 4) is 11.1 Å². The van der Waals surface area contributed by atoms with Crippen LogP contribution in [0.1, 0.15) is 20.7 Å². The number of anilines is 2. The number of carbonyl (C=O) groups excluding carboxylic acids is 1. The number of rotatable bonds is 5. The first-order valence-corrected chi connectivity index (χ1v) is 10.2. The van der Waals surface area contributed by atoms with Crippen LogP contribution in [0.3, 0.4) is 0 Å². The molecule has 0 aliphatic heterocycles. The summed E-state index contributed by atoms with van der Waals surface area (Å²) in [5.41, 5.74) is 10.6. The molecule has 0 fully saturated rings. The van der Waals surface area contributed by atoms with Gasteiger partial charge in [-0.3, -0.25) is 14.5 Å². The van der Waals surface area contributed by atoms with Gasteiger partial charge in [-0.15, -0.1) is 0 Å². The molecule has 5 rings (SSSR count). The number of nitrogens with zero attached hydrogens (tertiary/aromatic N) is 3. The first-order chi connectivity index (χ1) is 15.9. The maximum absolute atomic E-state index is 12.1. The minimum Gasteiger partial charge on any atom is -0.478 e. The van der Waals surface area contributed by atoms with E-state index < -0.39 is 11.9 Å². The van der Waals surface area contributed by atoms with Crippen LogP contribution in [0.5, 0.6) is 0 Å². The second-order valence-corrected chi connectivity index (χ2v) is 7.67. The largest absolute Gasteiger partial charge is 0.478 e. The third-order valence-electron chi connectivity index (χ3n) is 5.59. The van der Waals surface area contributed by atoms with Crippen LogP contribution >= 0.6 is 0 Å². The minimum absolute atomic E-state index is 0.130. The summed E-state index contributed by atoms with van der Waals surface area (Å²) in [6.07, 6.45) is 3.26. The van der Waals surface area contributed by atoms with Gasteiger partial charge in [0.15, 0.2) is 0 Å². The molecular formula is C25H19N5O3. The second kappa shape index (κ2) is 7.76. The van der Waals surface area contributed by atoms with Gasteiger partial charge in [0.05, 0.1) is 34.0 Å². The van der Waals surface area contributed by atoms with Gasteiger partial charge in [0.2, 0.25) is 0 Å². The van der Waals surface area contributed by atoms with Gasteiger partial charge < -0.3 is 16.2 Å².